The second kappa shape index (κ2) is 8.75. The fourth-order valence-corrected chi connectivity index (χ4v) is 3.31. The number of anilines is 2. The van der Waals surface area contributed by atoms with Gasteiger partial charge in [-0.2, -0.15) is 5.10 Å². The van der Waals surface area contributed by atoms with Gasteiger partial charge >= 0.3 is 0 Å². The SMILES string of the molecule is Cc1ccccc1Nc1nc(Cl)c(/C=N/NC(=O)Cc2ccc(F)cc2)s1. The van der Waals surface area contributed by atoms with E-state index in [1.807, 2.05) is 31.2 Å². The maximum atomic E-state index is 12.9. The van der Waals surface area contributed by atoms with Gasteiger partial charge in [-0.1, -0.05) is 53.3 Å². The lowest BCUT2D eigenvalue weighted by molar-refractivity contribution is -0.120. The third-order valence-electron chi connectivity index (χ3n) is 3.65. The summed E-state index contributed by atoms with van der Waals surface area (Å²) in [5, 5.41) is 8.06. The van der Waals surface area contributed by atoms with E-state index in [-0.39, 0.29) is 18.1 Å². The van der Waals surface area contributed by atoms with Crippen LogP contribution in [0.5, 0.6) is 0 Å². The van der Waals surface area contributed by atoms with Crippen molar-refractivity contribution in [3.63, 3.8) is 0 Å². The fourth-order valence-electron chi connectivity index (χ4n) is 2.26. The quantitative estimate of drug-likeness (QED) is 0.464. The van der Waals surface area contributed by atoms with E-state index < -0.39 is 0 Å². The first-order valence-electron chi connectivity index (χ1n) is 8.06. The van der Waals surface area contributed by atoms with E-state index in [2.05, 4.69) is 20.8 Å². The van der Waals surface area contributed by atoms with E-state index in [1.165, 1.54) is 29.7 Å². The smallest absolute Gasteiger partial charge is 0.244 e. The zero-order valence-electron chi connectivity index (χ0n) is 14.4. The summed E-state index contributed by atoms with van der Waals surface area (Å²) >= 11 is 7.45. The van der Waals surface area contributed by atoms with E-state index in [4.69, 9.17) is 11.6 Å². The number of amides is 1. The van der Waals surface area contributed by atoms with Gasteiger partial charge in [0, 0.05) is 5.69 Å². The largest absolute Gasteiger partial charge is 0.331 e. The molecule has 0 fully saturated rings. The lowest BCUT2D eigenvalue weighted by atomic mass is 10.1. The molecular weight excluding hydrogens is 387 g/mol. The van der Waals surface area contributed by atoms with Crippen LogP contribution in [0.2, 0.25) is 5.15 Å². The number of nitrogens with zero attached hydrogens (tertiary/aromatic N) is 2. The third-order valence-corrected chi connectivity index (χ3v) is 4.95. The predicted molar refractivity (Wildman–Crippen MR) is 107 cm³/mol. The predicted octanol–water partition coefficient (Wildman–Crippen LogP) is 4.68. The first-order chi connectivity index (χ1) is 13.0. The zero-order valence-corrected chi connectivity index (χ0v) is 15.9. The van der Waals surface area contributed by atoms with Gasteiger partial charge in [0.1, 0.15) is 5.82 Å². The van der Waals surface area contributed by atoms with Gasteiger partial charge in [0.15, 0.2) is 10.3 Å². The van der Waals surface area contributed by atoms with Crippen LogP contribution in [-0.4, -0.2) is 17.1 Å². The molecule has 0 radical (unpaired) electrons. The van der Waals surface area contributed by atoms with Crippen molar-refractivity contribution < 1.29 is 9.18 Å². The molecular formula is C19H16ClFN4OS. The molecule has 3 rings (SSSR count). The molecule has 1 amide bonds. The van der Waals surface area contributed by atoms with E-state index in [9.17, 15) is 9.18 Å². The van der Waals surface area contributed by atoms with E-state index in [0.717, 1.165) is 11.3 Å². The summed E-state index contributed by atoms with van der Waals surface area (Å²) in [4.78, 5) is 16.8. The summed E-state index contributed by atoms with van der Waals surface area (Å²) in [6, 6.07) is 13.6. The van der Waals surface area contributed by atoms with Crippen LogP contribution in [-0.2, 0) is 11.2 Å². The molecule has 0 spiro atoms. The molecule has 0 aliphatic rings. The van der Waals surface area contributed by atoms with Gasteiger partial charge in [0.05, 0.1) is 17.5 Å². The van der Waals surface area contributed by atoms with Crippen LogP contribution >= 0.6 is 22.9 Å². The van der Waals surface area contributed by atoms with Gasteiger partial charge in [0.25, 0.3) is 0 Å². The number of hydrazone groups is 1. The van der Waals surface area contributed by atoms with Crippen LogP contribution < -0.4 is 10.7 Å². The van der Waals surface area contributed by atoms with Crippen molar-refractivity contribution in [3.05, 3.63) is 75.5 Å². The lowest BCUT2D eigenvalue weighted by Gasteiger charge is -2.05. The number of para-hydroxylation sites is 1. The second-order valence-electron chi connectivity index (χ2n) is 5.71. The third kappa shape index (κ3) is 5.35. The first-order valence-corrected chi connectivity index (χ1v) is 9.26. The molecule has 1 aromatic heterocycles. The minimum Gasteiger partial charge on any atom is -0.331 e. The van der Waals surface area contributed by atoms with Crippen LogP contribution in [0.25, 0.3) is 0 Å². The van der Waals surface area contributed by atoms with Crippen molar-refractivity contribution in [1.29, 1.82) is 0 Å². The molecule has 0 saturated heterocycles. The Morgan fingerprint density at radius 3 is 2.74 bits per heavy atom. The average Bonchev–Trinajstić information content (AvgIpc) is 2.98. The van der Waals surface area contributed by atoms with Gasteiger partial charge in [-0.25, -0.2) is 14.8 Å². The molecule has 0 aliphatic carbocycles. The number of hydrogen-bond acceptors (Lipinski definition) is 5. The molecule has 8 heteroatoms. The molecule has 27 heavy (non-hydrogen) atoms. The molecule has 2 N–H and O–H groups in total. The number of carbonyl (C=O) groups is 1. The summed E-state index contributed by atoms with van der Waals surface area (Å²) in [7, 11) is 0. The van der Waals surface area contributed by atoms with Crippen molar-refractivity contribution >= 4 is 45.9 Å². The highest BCUT2D eigenvalue weighted by Crippen LogP contribution is 2.28. The lowest BCUT2D eigenvalue weighted by Crippen LogP contribution is -2.19. The van der Waals surface area contributed by atoms with Gasteiger partial charge in [-0.3, -0.25) is 4.79 Å². The van der Waals surface area contributed by atoms with Crippen molar-refractivity contribution in [2.75, 3.05) is 5.32 Å². The normalized spacial score (nSPS) is 10.9. The molecule has 5 nitrogen and oxygen atoms in total. The number of aromatic nitrogens is 1. The fraction of sp³-hybridized carbons (Fsp3) is 0.105. The van der Waals surface area contributed by atoms with Crippen molar-refractivity contribution in [2.24, 2.45) is 5.10 Å². The number of carbonyl (C=O) groups excluding carboxylic acids is 1. The molecule has 0 aliphatic heterocycles. The van der Waals surface area contributed by atoms with Gasteiger partial charge in [-0.05, 0) is 36.2 Å². The molecule has 0 unspecified atom stereocenters. The van der Waals surface area contributed by atoms with Crippen molar-refractivity contribution in [3.8, 4) is 0 Å². The molecule has 1 heterocycles. The zero-order chi connectivity index (χ0) is 19.2. The maximum absolute atomic E-state index is 12.9. The van der Waals surface area contributed by atoms with E-state index in [1.54, 1.807) is 12.1 Å². The standard InChI is InChI=1S/C19H16ClFN4OS/c1-12-4-2-3-5-15(12)23-19-24-18(20)16(27-19)11-22-25-17(26)10-13-6-8-14(21)9-7-13/h2-9,11H,10H2,1H3,(H,23,24)(H,25,26)/b22-11+. The number of thiazole rings is 1. The monoisotopic (exact) mass is 402 g/mol. The Morgan fingerprint density at radius 2 is 2.00 bits per heavy atom. The highest BCUT2D eigenvalue weighted by Gasteiger charge is 2.09. The number of rotatable bonds is 6. The molecule has 2 aromatic carbocycles. The van der Waals surface area contributed by atoms with Crippen LogP contribution in [0.15, 0.2) is 53.6 Å². The number of hydrogen-bond donors (Lipinski definition) is 2. The molecule has 0 atom stereocenters. The van der Waals surface area contributed by atoms with E-state index >= 15 is 0 Å². The highest BCUT2D eigenvalue weighted by atomic mass is 35.5. The number of aryl methyl sites for hydroxylation is 1. The Labute approximate surface area is 164 Å². The summed E-state index contributed by atoms with van der Waals surface area (Å²) in [6.07, 6.45) is 1.56. The summed E-state index contributed by atoms with van der Waals surface area (Å²) in [6.45, 7) is 2.00. The molecule has 0 bridgehead atoms. The number of halogens is 2. The average molecular weight is 403 g/mol. The Balaban J connectivity index is 1.58. The Kier molecular flexibility index (Phi) is 6.16. The molecule has 138 valence electrons. The minimum absolute atomic E-state index is 0.105. The highest BCUT2D eigenvalue weighted by molar-refractivity contribution is 7.17. The Bertz CT molecular complexity index is 972. The number of nitrogens with one attached hydrogen (secondary N) is 2. The van der Waals surface area contributed by atoms with Crippen LogP contribution in [0.1, 0.15) is 16.0 Å². The molecule has 0 saturated carbocycles. The summed E-state index contributed by atoms with van der Waals surface area (Å²) < 4.78 is 12.9. The maximum Gasteiger partial charge on any atom is 0.244 e. The van der Waals surface area contributed by atoms with Gasteiger partial charge in [-0.15, -0.1) is 0 Å². The topological polar surface area (TPSA) is 66.4 Å². The van der Waals surface area contributed by atoms with Gasteiger partial charge in [0.2, 0.25) is 5.91 Å². The van der Waals surface area contributed by atoms with Gasteiger partial charge < -0.3 is 5.32 Å². The van der Waals surface area contributed by atoms with Crippen molar-refractivity contribution in [2.45, 2.75) is 13.3 Å². The minimum atomic E-state index is -0.341. The van der Waals surface area contributed by atoms with Crippen molar-refractivity contribution in [1.82, 2.24) is 10.4 Å². The van der Waals surface area contributed by atoms with Crippen LogP contribution in [0.4, 0.5) is 15.2 Å². The molecule has 3 aromatic rings. The number of benzene rings is 2. The summed E-state index contributed by atoms with van der Waals surface area (Å²) in [5.74, 6) is -0.649. The van der Waals surface area contributed by atoms with E-state index in [0.29, 0.717) is 20.7 Å². The Morgan fingerprint density at radius 1 is 1.26 bits per heavy atom. The second-order valence-corrected chi connectivity index (χ2v) is 7.10. The van der Waals surface area contributed by atoms with Crippen LogP contribution in [0.3, 0.4) is 0 Å². The summed E-state index contributed by atoms with van der Waals surface area (Å²) in [5.41, 5.74) is 5.16. The first kappa shape index (κ1) is 19.0. The van der Waals surface area contributed by atoms with Crippen LogP contribution in [0, 0.1) is 12.7 Å². The Hall–Kier alpha value is -2.77.